The lowest BCUT2D eigenvalue weighted by molar-refractivity contribution is 0.0957. The van der Waals surface area contributed by atoms with Gasteiger partial charge in [-0.25, -0.2) is 24.3 Å². The zero-order chi connectivity index (χ0) is 25.6. The first-order valence-corrected chi connectivity index (χ1v) is 11.7. The van der Waals surface area contributed by atoms with E-state index in [2.05, 4.69) is 41.1 Å². The molecule has 4 aromatic rings. The zero-order valence-corrected chi connectivity index (χ0v) is 20.1. The Hall–Kier alpha value is -4.42. The predicted molar refractivity (Wildman–Crippen MR) is 136 cm³/mol. The number of carbonyl (C=O) groups is 1. The first kappa shape index (κ1) is 24.3. The topological polar surface area (TPSA) is 130 Å². The number of halogens is 2. The second kappa shape index (κ2) is 11.1. The Balaban J connectivity index is 1.22. The first-order chi connectivity index (χ1) is 18.0. The SMILES string of the molecule is O=C(NNc1ncc(F)c(N2CCOCC2)n1)c1ccc(Nc2cc(Cl)cc(-c3ncccn3)c2)cn1. The van der Waals surface area contributed by atoms with Crippen LogP contribution in [-0.2, 0) is 4.74 Å². The normalized spacial score (nSPS) is 13.2. The van der Waals surface area contributed by atoms with Gasteiger partial charge in [0.2, 0.25) is 5.95 Å². The Morgan fingerprint density at radius 2 is 1.81 bits per heavy atom. The number of morpholine rings is 1. The van der Waals surface area contributed by atoms with E-state index in [1.54, 1.807) is 47.6 Å². The van der Waals surface area contributed by atoms with Crippen molar-refractivity contribution in [1.82, 2.24) is 30.3 Å². The van der Waals surface area contributed by atoms with Crippen LogP contribution in [0.25, 0.3) is 11.4 Å². The van der Waals surface area contributed by atoms with E-state index in [0.717, 1.165) is 11.8 Å². The number of hydrogen-bond donors (Lipinski definition) is 3. The minimum atomic E-state index is -0.549. The largest absolute Gasteiger partial charge is 0.378 e. The molecule has 3 aromatic heterocycles. The highest BCUT2D eigenvalue weighted by Crippen LogP contribution is 2.27. The van der Waals surface area contributed by atoms with Crippen molar-refractivity contribution in [3.63, 3.8) is 0 Å². The molecule has 0 spiro atoms. The maximum Gasteiger partial charge on any atom is 0.288 e. The van der Waals surface area contributed by atoms with E-state index < -0.39 is 11.7 Å². The van der Waals surface area contributed by atoms with Gasteiger partial charge in [0, 0.05) is 41.8 Å². The molecule has 1 fully saturated rings. The predicted octanol–water partition coefficient (Wildman–Crippen LogP) is 3.46. The summed E-state index contributed by atoms with van der Waals surface area (Å²) in [7, 11) is 0. The van der Waals surface area contributed by atoms with Gasteiger partial charge in [0.1, 0.15) is 5.69 Å². The third-order valence-electron chi connectivity index (χ3n) is 5.33. The molecule has 1 aliphatic rings. The molecule has 0 aliphatic carbocycles. The fourth-order valence-electron chi connectivity index (χ4n) is 3.60. The molecule has 5 rings (SSSR count). The lowest BCUT2D eigenvalue weighted by Gasteiger charge is -2.28. The van der Waals surface area contributed by atoms with Crippen molar-refractivity contribution in [1.29, 1.82) is 0 Å². The van der Waals surface area contributed by atoms with Gasteiger partial charge >= 0.3 is 0 Å². The molecule has 0 atom stereocenters. The molecule has 0 bridgehead atoms. The molecule has 37 heavy (non-hydrogen) atoms. The Morgan fingerprint density at radius 1 is 1.00 bits per heavy atom. The molecule has 4 heterocycles. The van der Waals surface area contributed by atoms with Crippen LogP contribution in [0.3, 0.4) is 0 Å². The number of nitrogens with zero attached hydrogens (tertiary/aromatic N) is 6. The average Bonchev–Trinajstić information content (AvgIpc) is 2.93. The Labute approximate surface area is 216 Å². The molecular weight excluding hydrogens is 501 g/mol. The number of nitrogens with one attached hydrogen (secondary N) is 3. The quantitative estimate of drug-likeness (QED) is 0.311. The highest BCUT2D eigenvalue weighted by Gasteiger charge is 2.18. The van der Waals surface area contributed by atoms with Crippen molar-refractivity contribution in [3.05, 3.63) is 77.7 Å². The van der Waals surface area contributed by atoms with Crippen molar-refractivity contribution in [2.45, 2.75) is 0 Å². The van der Waals surface area contributed by atoms with Gasteiger partial charge in [-0.3, -0.25) is 15.6 Å². The molecule has 0 saturated carbocycles. The second-order valence-corrected chi connectivity index (χ2v) is 8.34. The lowest BCUT2D eigenvalue weighted by atomic mass is 10.2. The van der Waals surface area contributed by atoms with Gasteiger partial charge in [-0.15, -0.1) is 0 Å². The summed E-state index contributed by atoms with van der Waals surface area (Å²) in [6.45, 7) is 2.00. The number of hydrogen-bond acceptors (Lipinski definition) is 10. The zero-order valence-electron chi connectivity index (χ0n) is 19.4. The number of anilines is 4. The van der Waals surface area contributed by atoms with Gasteiger partial charge in [-0.05, 0) is 36.4 Å². The van der Waals surface area contributed by atoms with Gasteiger partial charge in [-0.1, -0.05) is 11.6 Å². The van der Waals surface area contributed by atoms with Crippen LogP contribution >= 0.6 is 11.6 Å². The van der Waals surface area contributed by atoms with E-state index in [1.165, 1.54) is 6.20 Å². The van der Waals surface area contributed by atoms with Crippen molar-refractivity contribution >= 4 is 40.6 Å². The van der Waals surface area contributed by atoms with Crippen LogP contribution in [0, 0.1) is 5.82 Å². The van der Waals surface area contributed by atoms with Gasteiger partial charge in [0.15, 0.2) is 17.5 Å². The highest BCUT2D eigenvalue weighted by atomic mass is 35.5. The highest BCUT2D eigenvalue weighted by molar-refractivity contribution is 6.31. The molecule has 1 aliphatic heterocycles. The second-order valence-electron chi connectivity index (χ2n) is 7.90. The number of pyridine rings is 1. The van der Waals surface area contributed by atoms with E-state index in [0.29, 0.717) is 48.5 Å². The third-order valence-corrected chi connectivity index (χ3v) is 5.55. The number of ether oxygens (including phenoxy) is 1. The van der Waals surface area contributed by atoms with E-state index in [9.17, 15) is 9.18 Å². The summed E-state index contributed by atoms with van der Waals surface area (Å²) >= 11 is 6.27. The molecule has 11 nitrogen and oxygen atoms in total. The monoisotopic (exact) mass is 521 g/mol. The van der Waals surface area contributed by atoms with Crippen LogP contribution in [0.1, 0.15) is 10.5 Å². The van der Waals surface area contributed by atoms with Crippen molar-refractivity contribution in [2.24, 2.45) is 0 Å². The van der Waals surface area contributed by atoms with E-state index in [1.807, 2.05) is 6.07 Å². The Bertz CT molecular complexity index is 1390. The van der Waals surface area contributed by atoms with Crippen molar-refractivity contribution < 1.29 is 13.9 Å². The summed E-state index contributed by atoms with van der Waals surface area (Å²) in [4.78, 5) is 35.0. The number of benzene rings is 1. The molecule has 1 saturated heterocycles. The number of aromatic nitrogens is 5. The standard InChI is InChI=1S/C24H21ClFN9O2/c25-16-10-15(21-27-4-1-5-28-21)11-18(12-16)31-17-2-3-20(29-13-17)23(36)33-34-24-30-14-19(26)22(32-24)35-6-8-37-9-7-35/h1-5,10-14,31H,6-9H2,(H,33,36)(H,30,32,34). The minimum Gasteiger partial charge on any atom is -0.378 e. The summed E-state index contributed by atoms with van der Waals surface area (Å²) < 4.78 is 19.5. The molecule has 0 unspecified atom stereocenters. The smallest absolute Gasteiger partial charge is 0.288 e. The van der Waals surface area contributed by atoms with E-state index in [-0.39, 0.29) is 17.5 Å². The maximum absolute atomic E-state index is 14.2. The number of amides is 1. The molecule has 188 valence electrons. The van der Waals surface area contributed by atoms with Crippen LogP contribution in [0.5, 0.6) is 0 Å². The summed E-state index contributed by atoms with van der Waals surface area (Å²) in [6.07, 6.45) is 5.88. The fourth-order valence-corrected chi connectivity index (χ4v) is 3.83. The Kier molecular flexibility index (Phi) is 7.28. The summed E-state index contributed by atoms with van der Waals surface area (Å²) in [5.41, 5.74) is 7.33. The van der Waals surface area contributed by atoms with Crippen molar-refractivity contribution in [3.8, 4) is 11.4 Å². The first-order valence-electron chi connectivity index (χ1n) is 11.3. The third kappa shape index (κ3) is 6.05. The molecule has 0 radical (unpaired) electrons. The summed E-state index contributed by atoms with van der Waals surface area (Å²) in [6, 6.07) is 10.4. The van der Waals surface area contributed by atoms with E-state index >= 15 is 0 Å². The van der Waals surface area contributed by atoms with Gasteiger partial charge in [0.05, 0.1) is 31.3 Å². The van der Waals surface area contributed by atoms with Crippen LogP contribution in [0.4, 0.5) is 27.5 Å². The fraction of sp³-hybridized carbons (Fsp3) is 0.167. The number of hydrazine groups is 1. The summed E-state index contributed by atoms with van der Waals surface area (Å²) in [5, 5.41) is 3.72. The van der Waals surface area contributed by atoms with E-state index in [4.69, 9.17) is 16.3 Å². The maximum atomic E-state index is 14.2. The minimum absolute atomic E-state index is 0.0497. The number of rotatable bonds is 7. The van der Waals surface area contributed by atoms with Crippen LogP contribution < -0.4 is 21.1 Å². The van der Waals surface area contributed by atoms with Gasteiger partial charge < -0.3 is 15.0 Å². The van der Waals surface area contributed by atoms with Crippen LogP contribution in [0.15, 0.2) is 61.2 Å². The van der Waals surface area contributed by atoms with Gasteiger partial charge in [0.25, 0.3) is 5.91 Å². The molecule has 3 N–H and O–H groups in total. The molecule has 1 aromatic carbocycles. The number of carbonyl (C=O) groups excluding carboxylic acids is 1. The Morgan fingerprint density at radius 3 is 2.57 bits per heavy atom. The molecule has 1 amide bonds. The van der Waals surface area contributed by atoms with Gasteiger partial charge in [-0.2, -0.15) is 4.98 Å². The van der Waals surface area contributed by atoms with Crippen LogP contribution in [-0.4, -0.2) is 57.1 Å². The van der Waals surface area contributed by atoms with Crippen molar-refractivity contribution in [2.75, 3.05) is 41.9 Å². The molecule has 13 heteroatoms. The molecular formula is C24H21ClFN9O2. The summed E-state index contributed by atoms with van der Waals surface area (Å²) in [5.74, 6) is -0.321. The average molecular weight is 522 g/mol. The van der Waals surface area contributed by atoms with Crippen LogP contribution in [0.2, 0.25) is 5.02 Å². The lowest BCUT2D eigenvalue weighted by Crippen LogP contribution is -2.38.